The Balaban J connectivity index is 1.49. The van der Waals surface area contributed by atoms with Crippen LogP contribution in [0.1, 0.15) is 52.6 Å². The van der Waals surface area contributed by atoms with E-state index in [0.717, 1.165) is 0 Å². The van der Waals surface area contributed by atoms with Gasteiger partial charge in [-0.2, -0.15) is 0 Å². The third-order valence-corrected chi connectivity index (χ3v) is 10.3. The van der Waals surface area contributed by atoms with Gasteiger partial charge in [-0.05, 0) is 49.2 Å². The monoisotopic (exact) mass is 510 g/mol. The molecule has 38 heavy (non-hydrogen) atoms. The number of Topliss-reactive ketones (excluding diaryl/α,β-unsaturated/α-hetero) is 4. The second kappa shape index (κ2) is 6.22. The van der Waals surface area contributed by atoms with Crippen molar-refractivity contribution in [3.8, 4) is 11.5 Å². The van der Waals surface area contributed by atoms with E-state index in [1.165, 1.54) is 36.4 Å². The van der Waals surface area contributed by atoms with E-state index in [1.807, 2.05) is 0 Å². The van der Waals surface area contributed by atoms with E-state index in [-0.39, 0.29) is 44.9 Å². The first kappa shape index (κ1) is 22.1. The number of hydrogen-bond acceptors (Lipinski definition) is 8. The number of ketones is 4. The van der Waals surface area contributed by atoms with Crippen molar-refractivity contribution < 1.29 is 39.6 Å². The van der Waals surface area contributed by atoms with Crippen LogP contribution in [0.25, 0.3) is 0 Å². The molecule has 6 aliphatic carbocycles. The lowest BCUT2D eigenvalue weighted by Crippen LogP contribution is -2.58. The highest BCUT2D eigenvalue weighted by atomic mass is 16.3. The van der Waals surface area contributed by atoms with Gasteiger partial charge in [0.05, 0.1) is 34.2 Å². The lowest BCUT2D eigenvalue weighted by Gasteiger charge is -2.52. The van der Waals surface area contributed by atoms with Crippen molar-refractivity contribution >= 4 is 23.1 Å². The lowest BCUT2D eigenvalue weighted by molar-refractivity contribution is 0.00295. The molecule has 0 heterocycles. The Hall–Kier alpha value is -3.88. The van der Waals surface area contributed by atoms with Gasteiger partial charge in [-0.25, -0.2) is 0 Å². The Bertz CT molecular complexity index is 1590. The Morgan fingerprint density at radius 3 is 1.37 bits per heavy atom. The van der Waals surface area contributed by atoms with Crippen LogP contribution in [-0.4, -0.2) is 55.8 Å². The molecule has 0 amide bonds. The van der Waals surface area contributed by atoms with Gasteiger partial charge < -0.3 is 20.4 Å². The molecule has 2 saturated carbocycles. The first-order valence-corrected chi connectivity index (χ1v) is 12.7. The summed E-state index contributed by atoms with van der Waals surface area (Å²) in [6, 6.07) is 5.84. The van der Waals surface area contributed by atoms with Crippen LogP contribution in [-0.2, 0) is 0 Å². The maximum absolute atomic E-state index is 14.5. The highest BCUT2D eigenvalue weighted by Crippen LogP contribution is 2.78. The largest absolute Gasteiger partial charge is 0.507 e. The molecule has 0 saturated heterocycles. The number of carbonyl (C=O) groups is 4. The van der Waals surface area contributed by atoms with Gasteiger partial charge in [0.15, 0.2) is 23.1 Å². The fourth-order valence-electron chi connectivity index (χ4n) is 9.24. The first-order valence-electron chi connectivity index (χ1n) is 12.7. The maximum Gasteiger partial charge on any atom is 0.194 e. The quantitative estimate of drug-likeness (QED) is 0.422. The minimum atomic E-state index is -1.69. The number of carbonyl (C=O) groups excluding carboxylic acids is 4. The molecule has 8 heteroatoms. The Kier molecular flexibility index (Phi) is 3.62. The number of hydrogen-bond donors (Lipinski definition) is 4. The smallest absolute Gasteiger partial charge is 0.194 e. The SMILES string of the molecule is Cc1cc(O)c2c(c1)C(=O)C13C(=CC4C(O)C1C1C(O)C3C=C3C(=O)c5c(O)cc(C)cc5C(=O)C341)C2=O. The molecule has 2 spiro atoms. The van der Waals surface area contributed by atoms with Gasteiger partial charge in [0, 0.05) is 45.9 Å². The third-order valence-electron chi connectivity index (χ3n) is 10.3. The molecule has 8 atom stereocenters. The van der Waals surface area contributed by atoms with Crippen molar-refractivity contribution in [1.29, 1.82) is 0 Å². The molecule has 2 fully saturated rings. The van der Waals surface area contributed by atoms with Gasteiger partial charge in [0.2, 0.25) is 0 Å². The number of aliphatic hydroxyl groups is 2. The minimum Gasteiger partial charge on any atom is -0.507 e. The predicted octanol–water partition coefficient (Wildman–Crippen LogP) is 2.24. The summed E-state index contributed by atoms with van der Waals surface area (Å²) < 4.78 is 0. The van der Waals surface area contributed by atoms with Crippen molar-refractivity contribution in [2.24, 2.45) is 34.5 Å². The van der Waals surface area contributed by atoms with E-state index >= 15 is 0 Å². The normalized spacial score (nSPS) is 38.9. The number of fused-ring (bicyclic) bond motifs is 4. The van der Waals surface area contributed by atoms with Gasteiger partial charge >= 0.3 is 0 Å². The van der Waals surface area contributed by atoms with Crippen molar-refractivity contribution in [1.82, 2.24) is 0 Å². The molecule has 8 nitrogen and oxygen atoms in total. The number of aliphatic hydroxyl groups excluding tert-OH is 2. The summed E-state index contributed by atoms with van der Waals surface area (Å²) in [7, 11) is 0. The molecule has 8 unspecified atom stereocenters. The summed E-state index contributed by atoms with van der Waals surface area (Å²) in [5, 5.41) is 44.7. The van der Waals surface area contributed by atoms with E-state index in [4.69, 9.17) is 0 Å². The molecule has 8 rings (SSSR count). The highest BCUT2D eigenvalue weighted by molar-refractivity contribution is 6.30. The first-order chi connectivity index (χ1) is 18.0. The van der Waals surface area contributed by atoms with E-state index in [1.54, 1.807) is 13.8 Å². The van der Waals surface area contributed by atoms with Gasteiger partial charge in [-0.15, -0.1) is 0 Å². The summed E-state index contributed by atoms with van der Waals surface area (Å²) in [5.74, 6) is -6.94. The maximum atomic E-state index is 14.5. The number of phenols is 2. The number of aryl methyl sites for hydroxylation is 2. The van der Waals surface area contributed by atoms with Crippen molar-refractivity contribution in [3.05, 3.63) is 80.9 Å². The zero-order valence-corrected chi connectivity index (χ0v) is 20.4. The van der Waals surface area contributed by atoms with E-state index in [2.05, 4.69) is 0 Å². The zero-order valence-electron chi connectivity index (χ0n) is 20.4. The second-order valence-electron chi connectivity index (χ2n) is 11.7. The van der Waals surface area contributed by atoms with Gasteiger partial charge in [0.1, 0.15) is 11.5 Å². The van der Waals surface area contributed by atoms with Crippen LogP contribution in [0.15, 0.2) is 47.6 Å². The molecule has 0 aliphatic heterocycles. The Morgan fingerprint density at radius 1 is 0.632 bits per heavy atom. The van der Waals surface area contributed by atoms with Crippen LogP contribution in [0, 0.1) is 48.3 Å². The predicted molar refractivity (Wildman–Crippen MR) is 130 cm³/mol. The average Bonchev–Trinajstić information content (AvgIpc) is 3.13. The molecule has 2 aromatic carbocycles. The summed E-state index contributed by atoms with van der Waals surface area (Å²) in [5.41, 5.74) is -2.38. The lowest BCUT2D eigenvalue weighted by atomic mass is 9.49. The van der Waals surface area contributed by atoms with Crippen LogP contribution in [0.4, 0.5) is 0 Å². The third kappa shape index (κ3) is 1.90. The Morgan fingerprint density at radius 2 is 1.00 bits per heavy atom. The standard InChI is InChI=1S/C30H22O8/c1-9-3-11-19(17(31)5-9)23(33)13-7-16-26(36)21-22-25(35)15(29(13,21)27(11)37)8-14-24(34)20-12(28(38)30(14,16)22)4-10(2)6-18(20)32/h3-8,15-16,21-22,25-26,31-32,35-36H,1-2H3. The minimum absolute atomic E-state index is 0.00609. The van der Waals surface area contributed by atoms with Gasteiger partial charge in [0.25, 0.3) is 0 Å². The van der Waals surface area contributed by atoms with Crippen LogP contribution in [0.5, 0.6) is 11.5 Å². The fourth-order valence-corrected chi connectivity index (χ4v) is 9.24. The number of rotatable bonds is 0. The molecular weight excluding hydrogens is 488 g/mol. The van der Waals surface area contributed by atoms with Crippen molar-refractivity contribution in [3.63, 3.8) is 0 Å². The molecule has 6 aliphatic rings. The molecule has 0 radical (unpaired) electrons. The van der Waals surface area contributed by atoms with Crippen molar-refractivity contribution in [2.75, 3.05) is 0 Å². The van der Waals surface area contributed by atoms with Crippen LogP contribution in [0.3, 0.4) is 0 Å². The summed E-state index contributed by atoms with van der Waals surface area (Å²) >= 11 is 0. The van der Waals surface area contributed by atoms with Crippen LogP contribution >= 0.6 is 0 Å². The number of allylic oxidation sites excluding steroid dienone is 2. The highest BCUT2D eigenvalue weighted by Gasteiger charge is 2.84. The molecule has 4 N–H and O–H groups in total. The molecule has 4 bridgehead atoms. The average molecular weight is 510 g/mol. The van der Waals surface area contributed by atoms with E-state index in [0.29, 0.717) is 11.1 Å². The summed E-state index contributed by atoms with van der Waals surface area (Å²) in [6.07, 6.45) is 0.365. The fraction of sp³-hybridized carbons (Fsp3) is 0.333. The topological polar surface area (TPSA) is 149 Å². The number of phenolic OH excluding ortho intramolecular Hbond substituents is 2. The van der Waals surface area contributed by atoms with E-state index in [9.17, 15) is 39.6 Å². The molecular formula is C30H22O8. The van der Waals surface area contributed by atoms with Gasteiger partial charge in [-0.3, -0.25) is 19.2 Å². The summed E-state index contributed by atoms with van der Waals surface area (Å²) in [6.45, 7) is 3.36. The molecule has 0 aromatic heterocycles. The Labute approximate surface area is 215 Å². The van der Waals surface area contributed by atoms with Crippen molar-refractivity contribution in [2.45, 2.75) is 26.1 Å². The van der Waals surface area contributed by atoms with E-state index < -0.39 is 69.8 Å². The number of benzene rings is 2. The zero-order chi connectivity index (χ0) is 26.8. The number of aromatic hydroxyl groups is 2. The van der Waals surface area contributed by atoms with Crippen LogP contribution in [0.2, 0.25) is 0 Å². The van der Waals surface area contributed by atoms with Gasteiger partial charge in [-0.1, -0.05) is 12.2 Å². The van der Waals surface area contributed by atoms with Crippen LogP contribution < -0.4 is 0 Å². The summed E-state index contributed by atoms with van der Waals surface area (Å²) in [4.78, 5) is 56.9. The second-order valence-corrected chi connectivity index (χ2v) is 11.7. The molecule has 190 valence electrons. The molecule has 2 aromatic rings.